The fraction of sp³-hybridized carbons (Fsp3) is 0.0476. The van der Waals surface area contributed by atoms with Crippen molar-refractivity contribution in [1.29, 1.82) is 0 Å². The van der Waals surface area contributed by atoms with Gasteiger partial charge in [-0.05, 0) is 42.5 Å². The van der Waals surface area contributed by atoms with E-state index in [2.05, 4.69) is 4.98 Å². The van der Waals surface area contributed by atoms with Crippen LogP contribution in [-0.4, -0.2) is 25.0 Å². The molecule has 0 saturated carbocycles. The van der Waals surface area contributed by atoms with Crippen molar-refractivity contribution < 1.29 is 8.42 Å². The van der Waals surface area contributed by atoms with Crippen molar-refractivity contribution in [2.24, 2.45) is 0 Å². The lowest BCUT2D eigenvalue weighted by Crippen LogP contribution is -2.27. The van der Waals surface area contributed by atoms with Crippen LogP contribution >= 0.6 is 11.6 Å². The summed E-state index contributed by atoms with van der Waals surface area (Å²) >= 11 is 6.32. The van der Waals surface area contributed by atoms with Crippen molar-refractivity contribution in [3.63, 3.8) is 0 Å². The molecule has 0 fully saturated rings. The molecule has 3 aromatic carbocycles. The zero-order chi connectivity index (χ0) is 21.5. The molecule has 4 aromatic rings. The van der Waals surface area contributed by atoms with Gasteiger partial charge in [-0.1, -0.05) is 41.9 Å². The van der Waals surface area contributed by atoms with Gasteiger partial charge in [-0.2, -0.15) is 4.98 Å². The van der Waals surface area contributed by atoms with Gasteiger partial charge in [0, 0.05) is 12.4 Å². The number of hydrogen-bond donors (Lipinski definition) is 1. The van der Waals surface area contributed by atoms with Crippen molar-refractivity contribution in [1.82, 2.24) is 9.55 Å². The molecule has 0 bridgehead atoms. The Morgan fingerprint density at radius 3 is 2.40 bits per heavy atom. The normalized spacial score (nSPS) is 11.5. The monoisotopic (exact) mass is 440 g/mol. The highest BCUT2D eigenvalue weighted by molar-refractivity contribution is 7.92. The molecule has 1 heterocycles. The van der Waals surface area contributed by atoms with Gasteiger partial charge in [0.1, 0.15) is 5.82 Å². The van der Waals surface area contributed by atoms with Gasteiger partial charge in [0.2, 0.25) is 0 Å². The van der Waals surface area contributed by atoms with Gasteiger partial charge < -0.3 is 5.73 Å². The molecule has 0 atom stereocenters. The van der Waals surface area contributed by atoms with Gasteiger partial charge in [-0.15, -0.1) is 0 Å². The molecule has 0 amide bonds. The van der Waals surface area contributed by atoms with Crippen molar-refractivity contribution >= 4 is 44.0 Å². The highest BCUT2D eigenvalue weighted by atomic mass is 35.5. The van der Waals surface area contributed by atoms with Crippen LogP contribution in [-0.2, 0) is 10.0 Å². The van der Waals surface area contributed by atoms with Crippen LogP contribution in [0.25, 0.3) is 16.6 Å². The number of fused-ring (bicyclic) bond motifs is 1. The summed E-state index contributed by atoms with van der Waals surface area (Å²) in [5, 5.41) is 0.727. The summed E-state index contributed by atoms with van der Waals surface area (Å²) in [7, 11) is -2.45. The molecule has 152 valence electrons. The van der Waals surface area contributed by atoms with Crippen molar-refractivity contribution in [2.75, 3.05) is 17.1 Å². The van der Waals surface area contributed by atoms with Crippen LogP contribution in [0.15, 0.2) is 82.5 Å². The molecule has 0 aliphatic carbocycles. The second kappa shape index (κ2) is 7.47. The number of benzene rings is 3. The highest BCUT2D eigenvalue weighted by Crippen LogP contribution is 2.29. The van der Waals surface area contributed by atoms with Crippen LogP contribution in [0.2, 0.25) is 5.02 Å². The molecular weight excluding hydrogens is 424 g/mol. The first-order chi connectivity index (χ1) is 14.3. The van der Waals surface area contributed by atoms with E-state index in [9.17, 15) is 13.2 Å². The summed E-state index contributed by atoms with van der Waals surface area (Å²) in [6, 6.07) is 19.7. The summed E-state index contributed by atoms with van der Waals surface area (Å²) in [5.74, 6) is 0.124. The van der Waals surface area contributed by atoms with E-state index in [0.717, 1.165) is 8.87 Å². The Kier molecular flexibility index (Phi) is 4.97. The van der Waals surface area contributed by atoms with Crippen LogP contribution in [0.1, 0.15) is 0 Å². The minimum atomic E-state index is -3.91. The van der Waals surface area contributed by atoms with Crippen LogP contribution in [0.5, 0.6) is 0 Å². The Hall–Kier alpha value is -3.36. The first-order valence-electron chi connectivity index (χ1n) is 8.92. The van der Waals surface area contributed by atoms with E-state index < -0.39 is 15.7 Å². The summed E-state index contributed by atoms with van der Waals surface area (Å²) in [6.45, 7) is 0. The first kappa shape index (κ1) is 19.9. The second-order valence-electron chi connectivity index (χ2n) is 6.55. The minimum Gasteiger partial charge on any atom is -0.384 e. The molecule has 4 rings (SSSR count). The number of hydrogen-bond acceptors (Lipinski definition) is 5. The van der Waals surface area contributed by atoms with Crippen molar-refractivity contribution in [3.8, 4) is 5.69 Å². The molecule has 30 heavy (non-hydrogen) atoms. The predicted octanol–water partition coefficient (Wildman–Crippen LogP) is 3.45. The Morgan fingerprint density at radius 1 is 1.00 bits per heavy atom. The number of rotatable bonds is 4. The fourth-order valence-corrected chi connectivity index (χ4v) is 4.57. The van der Waals surface area contributed by atoms with E-state index in [-0.39, 0.29) is 21.4 Å². The largest absolute Gasteiger partial charge is 0.384 e. The Labute approximate surface area is 178 Å². The number of sulfonamides is 1. The summed E-state index contributed by atoms with van der Waals surface area (Å²) < 4.78 is 28.6. The smallest absolute Gasteiger partial charge is 0.354 e. The van der Waals surface area contributed by atoms with Gasteiger partial charge in [0.25, 0.3) is 10.0 Å². The van der Waals surface area contributed by atoms with E-state index in [4.69, 9.17) is 17.3 Å². The van der Waals surface area contributed by atoms with Gasteiger partial charge in [-0.3, -0.25) is 4.31 Å². The minimum absolute atomic E-state index is 0.0345. The topological polar surface area (TPSA) is 98.3 Å². The van der Waals surface area contributed by atoms with Crippen LogP contribution in [0.4, 0.5) is 11.5 Å². The SMILES string of the molecule is CN(c1ccccc1)S(=O)(=O)c1ccc(Cl)c(-n2c(N)c3ccccc3nc2=O)c1. The summed E-state index contributed by atoms with van der Waals surface area (Å²) in [4.78, 5) is 16.7. The summed E-state index contributed by atoms with van der Waals surface area (Å²) in [6.07, 6.45) is 0. The molecular formula is C21H17ClN4O3S. The number of nitrogens with two attached hydrogens (primary N) is 1. The lowest BCUT2D eigenvalue weighted by Gasteiger charge is -2.20. The molecule has 9 heteroatoms. The molecule has 0 aliphatic rings. The number of nitrogen functional groups attached to an aromatic ring is 1. The predicted molar refractivity (Wildman–Crippen MR) is 119 cm³/mol. The van der Waals surface area contributed by atoms with Gasteiger partial charge in [0.05, 0.1) is 26.8 Å². The molecule has 0 radical (unpaired) electrons. The number of halogens is 1. The number of aromatic nitrogens is 2. The molecule has 0 unspecified atom stereocenters. The van der Waals surface area contributed by atoms with E-state index >= 15 is 0 Å². The third-order valence-corrected chi connectivity index (χ3v) is 6.87. The molecule has 0 spiro atoms. The number of anilines is 2. The van der Waals surface area contributed by atoms with Gasteiger partial charge >= 0.3 is 5.69 Å². The lowest BCUT2D eigenvalue weighted by molar-refractivity contribution is 0.594. The second-order valence-corrected chi connectivity index (χ2v) is 8.93. The maximum Gasteiger partial charge on any atom is 0.354 e. The summed E-state index contributed by atoms with van der Waals surface area (Å²) in [5.41, 5.74) is 6.66. The average Bonchev–Trinajstić information content (AvgIpc) is 2.75. The Bertz CT molecular complexity index is 1420. The van der Waals surface area contributed by atoms with E-state index in [1.165, 1.54) is 25.2 Å². The lowest BCUT2D eigenvalue weighted by atomic mass is 10.2. The molecule has 0 saturated heterocycles. The molecule has 2 N–H and O–H groups in total. The zero-order valence-corrected chi connectivity index (χ0v) is 17.4. The third-order valence-electron chi connectivity index (χ3n) is 4.76. The van der Waals surface area contributed by atoms with Gasteiger partial charge in [-0.25, -0.2) is 17.8 Å². The molecule has 7 nitrogen and oxygen atoms in total. The van der Waals surface area contributed by atoms with Crippen LogP contribution in [0, 0.1) is 0 Å². The zero-order valence-electron chi connectivity index (χ0n) is 15.9. The molecule has 1 aromatic heterocycles. The van der Waals surface area contributed by atoms with Crippen LogP contribution in [0.3, 0.4) is 0 Å². The Morgan fingerprint density at radius 2 is 1.67 bits per heavy atom. The van der Waals surface area contributed by atoms with Crippen molar-refractivity contribution in [2.45, 2.75) is 4.90 Å². The average molecular weight is 441 g/mol. The van der Waals surface area contributed by atoms with E-state index in [1.807, 2.05) is 0 Å². The number of nitrogens with zero attached hydrogens (tertiary/aromatic N) is 3. The van der Waals surface area contributed by atoms with E-state index in [0.29, 0.717) is 16.6 Å². The maximum absolute atomic E-state index is 13.2. The third kappa shape index (κ3) is 3.30. The Balaban J connectivity index is 1.90. The van der Waals surface area contributed by atoms with E-state index in [1.54, 1.807) is 54.6 Å². The maximum atomic E-state index is 13.2. The first-order valence-corrected chi connectivity index (χ1v) is 10.7. The molecule has 0 aliphatic heterocycles. The van der Waals surface area contributed by atoms with Gasteiger partial charge in [0.15, 0.2) is 0 Å². The fourth-order valence-electron chi connectivity index (χ4n) is 3.16. The standard InChI is InChI=1S/C21H17ClN4O3S/c1-25(14-7-3-2-4-8-14)30(28,29)15-11-12-17(22)19(13-15)26-20(23)16-9-5-6-10-18(16)24-21(26)27/h2-13H,23H2,1H3. The quantitative estimate of drug-likeness (QED) is 0.524. The van der Waals surface area contributed by atoms with Crippen LogP contribution < -0.4 is 15.7 Å². The van der Waals surface area contributed by atoms with Crippen molar-refractivity contribution in [3.05, 3.63) is 88.3 Å². The number of para-hydroxylation sites is 2. The highest BCUT2D eigenvalue weighted by Gasteiger charge is 2.23.